The number of primary amides is 1. The first-order valence-electron chi connectivity index (χ1n) is 3.59. The van der Waals surface area contributed by atoms with Crippen LogP contribution in [0, 0.1) is 13.8 Å². The normalized spacial score (nSPS) is 9.92. The molecule has 0 aliphatic rings. The van der Waals surface area contributed by atoms with Gasteiger partial charge in [0.05, 0.1) is 0 Å². The SMILES string of the molecule is Cc1cc(C(N)=O)cc(C)c1Cl. The maximum atomic E-state index is 10.8. The van der Waals surface area contributed by atoms with Crippen LogP contribution in [0.25, 0.3) is 0 Å². The quantitative estimate of drug-likeness (QED) is 0.712. The highest BCUT2D eigenvalue weighted by Crippen LogP contribution is 2.21. The van der Waals surface area contributed by atoms with Gasteiger partial charge in [0, 0.05) is 10.6 Å². The molecule has 0 fully saturated rings. The molecule has 1 aromatic carbocycles. The molecule has 0 unspecified atom stereocenters. The van der Waals surface area contributed by atoms with Crippen LogP contribution in [0.15, 0.2) is 12.1 Å². The van der Waals surface area contributed by atoms with Crippen molar-refractivity contribution >= 4 is 17.5 Å². The molecule has 2 nitrogen and oxygen atoms in total. The van der Waals surface area contributed by atoms with Gasteiger partial charge in [0.2, 0.25) is 5.91 Å². The first kappa shape index (κ1) is 9.07. The van der Waals surface area contributed by atoms with Crippen LogP contribution in [0.2, 0.25) is 5.02 Å². The van der Waals surface area contributed by atoms with E-state index in [1.165, 1.54) is 0 Å². The number of nitrogens with two attached hydrogens (primary N) is 1. The highest BCUT2D eigenvalue weighted by atomic mass is 35.5. The fourth-order valence-corrected chi connectivity index (χ4v) is 1.20. The number of carbonyl (C=O) groups excluding carboxylic acids is 1. The van der Waals surface area contributed by atoms with Crippen molar-refractivity contribution in [3.63, 3.8) is 0 Å². The number of benzene rings is 1. The molecule has 0 aliphatic carbocycles. The standard InChI is InChI=1S/C9H10ClNO/c1-5-3-7(9(11)12)4-6(2)8(5)10/h3-4H,1-2H3,(H2,11,12). The Kier molecular flexibility index (Phi) is 2.38. The summed E-state index contributed by atoms with van der Waals surface area (Å²) in [5, 5.41) is 0.694. The molecule has 0 spiro atoms. The van der Waals surface area contributed by atoms with Crippen LogP contribution in [0.4, 0.5) is 0 Å². The zero-order chi connectivity index (χ0) is 9.30. The minimum absolute atomic E-state index is 0.419. The van der Waals surface area contributed by atoms with Gasteiger partial charge in [0.15, 0.2) is 0 Å². The topological polar surface area (TPSA) is 43.1 Å². The van der Waals surface area contributed by atoms with E-state index in [9.17, 15) is 4.79 Å². The highest BCUT2D eigenvalue weighted by molar-refractivity contribution is 6.32. The van der Waals surface area contributed by atoms with E-state index in [2.05, 4.69) is 0 Å². The number of carbonyl (C=O) groups is 1. The highest BCUT2D eigenvalue weighted by Gasteiger charge is 2.05. The van der Waals surface area contributed by atoms with Gasteiger partial charge in [0.1, 0.15) is 0 Å². The molecule has 0 saturated carbocycles. The monoisotopic (exact) mass is 183 g/mol. The fraction of sp³-hybridized carbons (Fsp3) is 0.222. The Hall–Kier alpha value is -1.02. The smallest absolute Gasteiger partial charge is 0.248 e. The fourth-order valence-electron chi connectivity index (χ4n) is 1.09. The van der Waals surface area contributed by atoms with E-state index in [-0.39, 0.29) is 0 Å². The molecular weight excluding hydrogens is 174 g/mol. The van der Waals surface area contributed by atoms with Crippen molar-refractivity contribution < 1.29 is 4.79 Å². The van der Waals surface area contributed by atoms with Gasteiger partial charge in [-0.05, 0) is 37.1 Å². The summed E-state index contributed by atoms with van der Waals surface area (Å²) in [5.41, 5.74) is 7.39. The summed E-state index contributed by atoms with van der Waals surface area (Å²) in [6.45, 7) is 3.70. The first-order valence-corrected chi connectivity index (χ1v) is 3.96. The summed E-state index contributed by atoms with van der Waals surface area (Å²) in [6.07, 6.45) is 0. The molecule has 12 heavy (non-hydrogen) atoms. The molecule has 0 aliphatic heterocycles. The van der Waals surface area contributed by atoms with Crippen LogP contribution in [0.5, 0.6) is 0 Å². The van der Waals surface area contributed by atoms with Crippen LogP contribution in [0.1, 0.15) is 21.5 Å². The van der Waals surface area contributed by atoms with Gasteiger partial charge in [-0.25, -0.2) is 0 Å². The van der Waals surface area contributed by atoms with Crippen molar-refractivity contribution in [2.75, 3.05) is 0 Å². The van der Waals surface area contributed by atoms with Crippen molar-refractivity contribution in [3.05, 3.63) is 33.8 Å². The molecule has 0 saturated heterocycles. The van der Waals surface area contributed by atoms with Crippen LogP contribution in [-0.4, -0.2) is 5.91 Å². The molecule has 1 aromatic rings. The summed E-state index contributed by atoms with van der Waals surface area (Å²) in [5.74, 6) is -0.419. The lowest BCUT2D eigenvalue weighted by Crippen LogP contribution is -2.11. The Morgan fingerprint density at radius 3 is 2.08 bits per heavy atom. The molecule has 1 rings (SSSR count). The average Bonchev–Trinajstić information content (AvgIpc) is 1.99. The Labute approximate surface area is 76.3 Å². The Bertz CT molecular complexity index is 310. The van der Waals surface area contributed by atoms with E-state index in [1.807, 2.05) is 13.8 Å². The summed E-state index contributed by atoms with van der Waals surface area (Å²) in [4.78, 5) is 10.8. The maximum Gasteiger partial charge on any atom is 0.248 e. The Morgan fingerprint density at radius 2 is 1.75 bits per heavy atom. The molecule has 64 valence electrons. The zero-order valence-corrected chi connectivity index (χ0v) is 7.77. The summed E-state index contributed by atoms with van der Waals surface area (Å²) < 4.78 is 0. The number of hydrogen-bond acceptors (Lipinski definition) is 1. The van der Waals surface area contributed by atoms with Crippen molar-refractivity contribution in [2.24, 2.45) is 5.73 Å². The predicted molar refractivity (Wildman–Crippen MR) is 49.4 cm³/mol. The summed E-state index contributed by atoms with van der Waals surface area (Å²) >= 11 is 5.90. The molecule has 0 heterocycles. The van der Waals surface area contributed by atoms with Crippen LogP contribution < -0.4 is 5.73 Å². The molecular formula is C9H10ClNO. The lowest BCUT2D eigenvalue weighted by Gasteiger charge is -2.04. The molecule has 0 atom stereocenters. The van der Waals surface area contributed by atoms with E-state index in [4.69, 9.17) is 17.3 Å². The van der Waals surface area contributed by atoms with Crippen molar-refractivity contribution in [1.29, 1.82) is 0 Å². The van der Waals surface area contributed by atoms with E-state index in [1.54, 1.807) is 12.1 Å². The van der Waals surface area contributed by atoms with Crippen molar-refractivity contribution in [2.45, 2.75) is 13.8 Å². The molecule has 1 amide bonds. The van der Waals surface area contributed by atoms with Crippen LogP contribution >= 0.6 is 11.6 Å². The largest absolute Gasteiger partial charge is 0.366 e. The number of halogens is 1. The van der Waals surface area contributed by atoms with E-state index < -0.39 is 5.91 Å². The number of rotatable bonds is 1. The number of aryl methyl sites for hydroxylation is 2. The first-order chi connectivity index (χ1) is 5.52. The van der Waals surface area contributed by atoms with Crippen LogP contribution in [0.3, 0.4) is 0 Å². The third kappa shape index (κ3) is 1.59. The molecule has 0 bridgehead atoms. The lowest BCUT2D eigenvalue weighted by atomic mass is 10.1. The van der Waals surface area contributed by atoms with Gasteiger partial charge < -0.3 is 5.73 Å². The van der Waals surface area contributed by atoms with Gasteiger partial charge in [-0.1, -0.05) is 11.6 Å². The summed E-state index contributed by atoms with van der Waals surface area (Å²) in [6, 6.07) is 3.38. The van der Waals surface area contributed by atoms with Gasteiger partial charge in [-0.3, -0.25) is 4.79 Å². The molecule has 2 N–H and O–H groups in total. The molecule has 0 aromatic heterocycles. The molecule has 3 heteroatoms. The third-order valence-electron chi connectivity index (χ3n) is 1.72. The van der Waals surface area contributed by atoms with Gasteiger partial charge >= 0.3 is 0 Å². The van der Waals surface area contributed by atoms with Gasteiger partial charge in [0.25, 0.3) is 0 Å². The number of amides is 1. The minimum atomic E-state index is -0.419. The third-order valence-corrected chi connectivity index (χ3v) is 2.32. The second kappa shape index (κ2) is 3.15. The Balaban J connectivity index is 3.31. The van der Waals surface area contributed by atoms with Gasteiger partial charge in [-0.2, -0.15) is 0 Å². The lowest BCUT2D eigenvalue weighted by molar-refractivity contribution is 0.1000. The van der Waals surface area contributed by atoms with Crippen molar-refractivity contribution in [1.82, 2.24) is 0 Å². The number of hydrogen-bond donors (Lipinski definition) is 1. The van der Waals surface area contributed by atoms with E-state index in [0.29, 0.717) is 10.6 Å². The average molecular weight is 184 g/mol. The zero-order valence-electron chi connectivity index (χ0n) is 7.02. The van der Waals surface area contributed by atoms with E-state index >= 15 is 0 Å². The van der Waals surface area contributed by atoms with E-state index in [0.717, 1.165) is 11.1 Å². The molecule has 0 radical (unpaired) electrons. The van der Waals surface area contributed by atoms with Crippen LogP contribution in [-0.2, 0) is 0 Å². The maximum absolute atomic E-state index is 10.8. The summed E-state index contributed by atoms with van der Waals surface area (Å²) in [7, 11) is 0. The van der Waals surface area contributed by atoms with Crippen molar-refractivity contribution in [3.8, 4) is 0 Å². The Morgan fingerprint density at radius 1 is 1.33 bits per heavy atom. The second-order valence-corrected chi connectivity index (χ2v) is 3.17. The van der Waals surface area contributed by atoms with Gasteiger partial charge in [-0.15, -0.1) is 0 Å². The predicted octanol–water partition coefficient (Wildman–Crippen LogP) is 2.06. The minimum Gasteiger partial charge on any atom is -0.366 e. The second-order valence-electron chi connectivity index (χ2n) is 2.79.